The minimum Gasteiger partial charge on any atom is -0.380 e. The first-order chi connectivity index (χ1) is 7.22. The molecule has 2 unspecified atom stereocenters. The molecule has 2 nitrogen and oxygen atoms in total. The Hall–Kier alpha value is -0.380. The second-order valence-electron chi connectivity index (χ2n) is 4.39. The van der Waals surface area contributed by atoms with Crippen molar-refractivity contribution in [1.29, 1.82) is 0 Å². The van der Waals surface area contributed by atoms with E-state index in [0.29, 0.717) is 24.7 Å². The van der Waals surface area contributed by atoms with E-state index >= 15 is 0 Å². The van der Waals surface area contributed by atoms with Gasteiger partial charge in [-0.15, -0.1) is 11.3 Å². The summed E-state index contributed by atoms with van der Waals surface area (Å²) in [5, 5.41) is 1.93. The Bertz CT molecular complexity index is 414. The second-order valence-corrected chi connectivity index (χ2v) is 5.91. The molecule has 4 heteroatoms. The number of hydrogen-bond donors (Lipinski definition) is 0. The van der Waals surface area contributed by atoms with E-state index in [2.05, 4.69) is 0 Å². The lowest BCUT2D eigenvalue weighted by atomic mass is 9.96. The molecule has 2 heterocycles. The number of Topliss-reactive ketones (excluding diaryl/α,β-unsaturated/α-hetero) is 1. The average Bonchev–Trinajstić information content (AvgIpc) is 2.56. The lowest BCUT2D eigenvalue weighted by Gasteiger charge is -2.08. The van der Waals surface area contributed by atoms with Crippen LogP contribution in [0, 0.1) is 11.3 Å². The summed E-state index contributed by atoms with van der Waals surface area (Å²) in [4.78, 5) is 12.1. The molecule has 1 aromatic rings. The minimum absolute atomic E-state index is 0.134. The summed E-state index contributed by atoms with van der Waals surface area (Å²) in [6.45, 7) is 1.39. The van der Waals surface area contributed by atoms with Gasteiger partial charge in [0.1, 0.15) is 5.78 Å². The fourth-order valence-electron chi connectivity index (χ4n) is 2.38. The molecule has 1 aliphatic carbocycles. The summed E-state index contributed by atoms with van der Waals surface area (Å²) in [6, 6.07) is 1.94. The number of rotatable bonds is 3. The largest absolute Gasteiger partial charge is 0.380 e. The molecule has 3 rings (SSSR count). The Morgan fingerprint density at radius 2 is 2.60 bits per heavy atom. The van der Waals surface area contributed by atoms with Crippen LogP contribution in [0.5, 0.6) is 0 Å². The molecule has 1 aliphatic heterocycles. The number of ether oxygens (including phenoxy) is 1. The summed E-state index contributed by atoms with van der Waals surface area (Å²) >= 11 is 7.47. The van der Waals surface area contributed by atoms with Gasteiger partial charge in [0.2, 0.25) is 0 Å². The van der Waals surface area contributed by atoms with Crippen molar-refractivity contribution < 1.29 is 9.53 Å². The van der Waals surface area contributed by atoms with Gasteiger partial charge in [-0.25, -0.2) is 0 Å². The summed E-state index contributed by atoms with van der Waals surface area (Å²) in [5.41, 5.74) is 0.837. The highest BCUT2D eigenvalue weighted by Crippen LogP contribution is 2.57. The average molecular weight is 243 g/mol. The van der Waals surface area contributed by atoms with Gasteiger partial charge in [0.15, 0.2) is 0 Å². The number of fused-ring (bicyclic) bond motifs is 1. The highest BCUT2D eigenvalue weighted by atomic mass is 35.5. The third-order valence-electron chi connectivity index (χ3n) is 3.51. The van der Waals surface area contributed by atoms with Crippen LogP contribution in [0.2, 0.25) is 4.34 Å². The molecule has 0 spiro atoms. The van der Waals surface area contributed by atoms with Crippen LogP contribution in [0.15, 0.2) is 11.4 Å². The molecule has 2 aliphatic rings. The van der Waals surface area contributed by atoms with E-state index < -0.39 is 0 Å². The van der Waals surface area contributed by atoms with Crippen LogP contribution in [0.4, 0.5) is 0 Å². The SMILES string of the molecule is O=C(Cc1ccsc1Cl)C12COCC1C2. The van der Waals surface area contributed by atoms with Crippen molar-refractivity contribution in [2.45, 2.75) is 12.8 Å². The van der Waals surface area contributed by atoms with Crippen LogP contribution in [-0.2, 0) is 16.0 Å². The molecule has 80 valence electrons. The number of carbonyl (C=O) groups is 1. The van der Waals surface area contributed by atoms with Crippen molar-refractivity contribution in [3.63, 3.8) is 0 Å². The normalized spacial score (nSPS) is 32.7. The smallest absolute Gasteiger partial charge is 0.146 e. The van der Waals surface area contributed by atoms with E-state index in [1.165, 1.54) is 11.3 Å². The Morgan fingerprint density at radius 3 is 3.13 bits per heavy atom. The topological polar surface area (TPSA) is 26.3 Å². The maximum atomic E-state index is 12.1. The standard InChI is InChI=1S/C11H11ClO2S/c12-10-7(1-2-15-10)3-9(13)11-4-8(11)5-14-6-11/h1-2,8H,3-6H2. The first-order valence-corrected chi connectivity index (χ1v) is 6.31. The maximum absolute atomic E-state index is 12.1. The zero-order valence-electron chi connectivity index (χ0n) is 8.16. The molecule has 15 heavy (non-hydrogen) atoms. The Kier molecular flexibility index (Phi) is 2.16. The summed E-state index contributed by atoms with van der Waals surface area (Å²) in [6.07, 6.45) is 1.50. The molecule has 0 bridgehead atoms. The van der Waals surface area contributed by atoms with Gasteiger partial charge in [-0.1, -0.05) is 11.6 Å². The number of hydrogen-bond acceptors (Lipinski definition) is 3. The van der Waals surface area contributed by atoms with Crippen molar-refractivity contribution in [3.8, 4) is 0 Å². The van der Waals surface area contributed by atoms with E-state index in [4.69, 9.17) is 16.3 Å². The maximum Gasteiger partial charge on any atom is 0.146 e. The van der Waals surface area contributed by atoms with Crippen LogP contribution < -0.4 is 0 Å². The fraction of sp³-hybridized carbons (Fsp3) is 0.545. The molecule has 1 saturated carbocycles. The molecule has 0 radical (unpaired) electrons. The molecule has 2 fully saturated rings. The monoisotopic (exact) mass is 242 g/mol. The lowest BCUT2D eigenvalue weighted by molar-refractivity contribution is -0.124. The van der Waals surface area contributed by atoms with Crippen LogP contribution >= 0.6 is 22.9 Å². The van der Waals surface area contributed by atoms with Gasteiger partial charge in [-0.3, -0.25) is 4.79 Å². The third kappa shape index (κ3) is 1.45. The molecule has 2 atom stereocenters. The van der Waals surface area contributed by atoms with Gasteiger partial charge in [0.05, 0.1) is 23.0 Å². The molecule has 0 aromatic carbocycles. The van der Waals surface area contributed by atoms with Gasteiger partial charge < -0.3 is 4.74 Å². The van der Waals surface area contributed by atoms with E-state index in [9.17, 15) is 4.79 Å². The second kappa shape index (κ2) is 3.30. The Labute approximate surface area is 97.2 Å². The van der Waals surface area contributed by atoms with Gasteiger partial charge in [-0.05, 0) is 29.3 Å². The van der Waals surface area contributed by atoms with E-state index in [0.717, 1.165) is 22.9 Å². The first kappa shape index (κ1) is 9.82. The Morgan fingerprint density at radius 1 is 1.73 bits per heavy atom. The van der Waals surface area contributed by atoms with Crippen LogP contribution in [0.3, 0.4) is 0 Å². The zero-order valence-corrected chi connectivity index (χ0v) is 9.74. The molecular formula is C11H11ClO2S. The molecular weight excluding hydrogens is 232 g/mol. The molecule has 1 saturated heterocycles. The van der Waals surface area contributed by atoms with Crippen molar-refractivity contribution in [1.82, 2.24) is 0 Å². The fourth-order valence-corrected chi connectivity index (χ4v) is 3.30. The van der Waals surface area contributed by atoms with Gasteiger partial charge in [-0.2, -0.15) is 0 Å². The highest BCUT2D eigenvalue weighted by Gasteiger charge is 2.62. The minimum atomic E-state index is -0.134. The van der Waals surface area contributed by atoms with E-state index in [1.807, 2.05) is 11.4 Å². The first-order valence-electron chi connectivity index (χ1n) is 5.05. The molecule has 0 amide bonds. The van der Waals surface area contributed by atoms with Crippen molar-refractivity contribution in [3.05, 3.63) is 21.3 Å². The van der Waals surface area contributed by atoms with Crippen molar-refractivity contribution in [2.75, 3.05) is 13.2 Å². The Balaban J connectivity index is 1.75. The molecule has 1 aromatic heterocycles. The number of halogens is 1. The quantitative estimate of drug-likeness (QED) is 0.814. The zero-order chi connectivity index (χ0) is 10.5. The lowest BCUT2D eigenvalue weighted by Crippen LogP contribution is -2.21. The van der Waals surface area contributed by atoms with Crippen LogP contribution in [0.1, 0.15) is 12.0 Å². The van der Waals surface area contributed by atoms with Gasteiger partial charge in [0, 0.05) is 6.42 Å². The number of carbonyl (C=O) groups excluding carboxylic acids is 1. The van der Waals surface area contributed by atoms with Gasteiger partial charge in [0.25, 0.3) is 0 Å². The van der Waals surface area contributed by atoms with Crippen LogP contribution in [0.25, 0.3) is 0 Å². The predicted octanol–water partition coefficient (Wildman–Crippen LogP) is 2.55. The number of thiophene rings is 1. The van der Waals surface area contributed by atoms with Crippen molar-refractivity contribution in [2.24, 2.45) is 11.3 Å². The third-order valence-corrected chi connectivity index (χ3v) is 4.76. The number of ketones is 1. The summed E-state index contributed by atoms with van der Waals surface area (Å²) in [5.74, 6) is 0.799. The summed E-state index contributed by atoms with van der Waals surface area (Å²) in [7, 11) is 0. The van der Waals surface area contributed by atoms with Gasteiger partial charge >= 0.3 is 0 Å². The molecule has 0 N–H and O–H groups in total. The highest BCUT2D eigenvalue weighted by molar-refractivity contribution is 7.14. The van der Waals surface area contributed by atoms with Crippen LogP contribution in [-0.4, -0.2) is 19.0 Å². The van der Waals surface area contributed by atoms with E-state index in [-0.39, 0.29) is 5.41 Å². The van der Waals surface area contributed by atoms with E-state index in [1.54, 1.807) is 0 Å². The van der Waals surface area contributed by atoms with Crippen molar-refractivity contribution >= 4 is 28.7 Å². The predicted molar refractivity (Wildman–Crippen MR) is 59.4 cm³/mol. The summed E-state index contributed by atoms with van der Waals surface area (Å²) < 4.78 is 6.08.